The molecule has 1 aliphatic rings. The number of rotatable bonds is 9. The second kappa shape index (κ2) is 10.5. The predicted octanol–water partition coefficient (Wildman–Crippen LogP) is 0.577. The number of likely N-dealkylation sites (tertiary alicyclic amines) is 1. The third-order valence-electron chi connectivity index (χ3n) is 5.39. The maximum absolute atomic E-state index is 12.5. The standard InChI is InChI=1S/C22H29N5O2S/c1-15-19(16(2)25-22(24-15)30-14-20(23)28)8-9-21(29)26-18-10-11-27(13-18)12-17-6-4-3-5-7-17/h3-7,18H,8-14H2,1-2H3,(H2,23,28)(H,26,29)/p+1/t18-/m1/s1. The number of thioether (sulfide) groups is 1. The van der Waals surface area contributed by atoms with Gasteiger partial charge in [0.2, 0.25) is 11.8 Å². The molecular formula is C22H30N5O2S+. The summed E-state index contributed by atoms with van der Waals surface area (Å²) in [4.78, 5) is 33.8. The Bertz CT molecular complexity index is 867. The molecule has 2 aromatic rings. The van der Waals surface area contributed by atoms with Gasteiger partial charge >= 0.3 is 0 Å². The Hall–Kier alpha value is -2.45. The van der Waals surface area contributed by atoms with Gasteiger partial charge in [0.05, 0.1) is 24.9 Å². The Morgan fingerprint density at radius 2 is 1.90 bits per heavy atom. The van der Waals surface area contributed by atoms with Gasteiger partial charge in [-0.3, -0.25) is 9.59 Å². The predicted molar refractivity (Wildman–Crippen MR) is 117 cm³/mol. The zero-order valence-corrected chi connectivity index (χ0v) is 18.4. The SMILES string of the molecule is Cc1nc(SCC(N)=O)nc(C)c1CCC(=O)N[C@@H]1CC[NH+](Cc2ccccc2)C1. The fourth-order valence-electron chi connectivity index (χ4n) is 3.91. The van der Waals surface area contributed by atoms with Crippen molar-refractivity contribution in [1.29, 1.82) is 0 Å². The van der Waals surface area contributed by atoms with Gasteiger partial charge in [0.15, 0.2) is 5.16 Å². The van der Waals surface area contributed by atoms with E-state index in [1.54, 1.807) is 0 Å². The fourth-order valence-corrected chi connectivity index (χ4v) is 4.58. The molecule has 2 amide bonds. The molecule has 2 heterocycles. The largest absolute Gasteiger partial charge is 0.369 e. The first kappa shape index (κ1) is 22.2. The van der Waals surface area contributed by atoms with E-state index < -0.39 is 5.91 Å². The van der Waals surface area contributed by atoms with Crippen molar-refractivity contribution in [2.75, 3.05) is 18.8 Å². The summed E-state index contributed by atoms with van der Waals surface area (Å²) in [6, 6.07) is 10.7. The van der Waals surface area contributed by atoms with Gasteiger partial charge in [0.1, 0.15) is 6.54 Å². The molecule has 1 aromatic heterocycles. The Balaban J connectivity index is 1.46. The number of hydrogen-bond donors (Lipinski definition) is 3. The molecule has 1 unspecified atom stereocenters. The van der Waals surface area contributed by atoms with Crippen LogP contribution in [0, 0.1) is 13.8 Å². The Morgan fingerprint density at radius 1 is 1.20 bits per heavy atom. The molecule has 0 spiro atoms. The van der Waals surface area contributed by atoms with Crippen LogP contribution in [0.1, 0.15) is 35.4 Å². The van der Waals surface area contributed by atoms with Gasteiger partial charge in [0.25, 0.3) is 0 Å². The lowest BCUT2D eigenvalue weighted by Crippen LogP contribution is -3.09. The van der Waals surface area contributed by atoms with Crippen molar-refractivity contribution in [2.24, 2.45) is 5.73 Å². The molecule has 4 N–H and O–H groups in total. The van der Waals surface area contributed by atoms with E-state index in [4.69, 9.17) is 5.73 Å². The summed E-state index contributed by atoms with van der Waals surface area (Å²) >= 11 is 1.23. The average molecular weight is 429 g/mol. The average Bonchev–Trinajstić information content (AvgIpc) is 3.13. The third kappa shape index (κ3) is 6.53. The maximum atomic E-state index is 12.5. The molecule has 0 bridgehead atoms. The van der Waals surface area contributed by atoms with Gasteiger partial charge in [-0.15, -0.1) is 0 Å². The summed E-state index contributed by atoms with van der Waals surface area (Å²) in [7, 11) is 0. The Morgan fingerprint density at radius 3 is 2.57 bits per heavy atom. The van der Waals surface area contributed by atoms with E-state index in [1.165, 1.54) is 22.2 Å². The first-order valence-electron chi connectivity index (χ1n) is 10.3. The lowest BCUT2D eigenvalue weighted by molar-refractivity contribution is -0.901. The van der Waals surface area contributed by atoms with E-state index in [0.717, 1.165) is 43.0 Å². The summed E-state index contributed by atoms with van der Waals surface area (Å²) in [5, 5.41) is 3.74. The molecule has 1 aromatic carbocycles. The first-order chi connectivity index (χ1) is 14.4. The number of primary amides is 1. The number of benzene rings is 1. The smallest absolute Gasteiger partial charge is 0.227 e. The number of carbonyl (C=O) groups excluding carboxylic acids is 2. The van der Waals surface area contributed by atoms with Crippen LogP contribution in [-0.4, -0.2) is 46.7 Å². The summed E-state index contributed by atoms with van der Waals surface area (Å²) < 4.78 is 0. The summed E-state index contributed by atoms with van der Waals surface area (Å²) in [6.07, 6.45) is 2.04. The summed E-state index contributed by atoms with van der Waals surface area (Å²) in [5.74, 6) is -0.159. The van der Waals surface area contributed by atoms with Crippen molar-refractivity contribution in [1.82, 2.24) is 15.3 Å². The first-order valence-corrected chi connectivity index (χ1v) is 11.3. The molecule has 30 heavy (non-hydrogen) atoms. The molecule has 0 aliphatic carbocycles. The minimum Gasteiger partial charge on any atom is -0.369 e. The van der Waals surface area contributed by atoms with Crippen LogP contribution in [0.4, 0.5) is 0 Å². The lowest BCUT2D eigenvalue weighted by Gasteiger charge is -2.15. The molecule has 160 valence electrons. The van der Waals surface area contributed by atoms with Crippen LogP contribution in [0.15, 0.2) is 35.5 Å². The van der Waals surface area contributed by atoms with E-state index in [1.807, 2.05) is 19.9 Å². The highest BCUT2D eigenvalue weighted by atomic mass is 32.2. The van der Waals surface area contributed by atoms with Crippen molar-refractivity contribution in [3.63, 3.8) is 0 Å². The molecular weight excluding hydrogens is 398 g/mol. The molecule has 1 aliphatic heterocycles. The minimum absolute atomic E-state index is 0.0759. The van der Waals surface area contributed by atoms with Gasteiger partial charge in [-0.25, -0.2) is 9.97 Å². The van der Waals surface area contributed by atoms with Crippen LogP contribution in [0.5, 0.6) is 0 Å². The lowest BCUT2D eigenvalue weighted by atomic mass is 10.1. The monoisotopic (exact) mass is 428 g/mol. The third-order valence-corrected chi connectivity index (χ3v) is 6.26. The normalized spacial score (nSPS) is 18.3. The Labute approximate surface area is 181 Å². The molecule has 2 atom stereocenters. The highest BCUT2D eigenvalue weighted by Gasteiger charge is 2.27. The topological polar surface area (TPSA) is 102 Å². The molecule has 0 saturated carbocycles. The van der Waals surface area contributed by atoms with Crippen molar-refractivity contribution >= 4 is 23.6 Å². The van der Waals surface area contributed by atoms with Crippen molar-refractivity contribution in [2.45, 2.75) is 50.9 Å². The number of nitrogens with two attached hydrogens (primary N) is 1. The van der Waals surface area contributed by atoms with Gasteiger partial charge in [-0.1, -0.05) is 42.1 Å². The summed E-state index contributed by atoms with van der Waals surface area (Å²) in [5.41, 5.74) is 9.21. The Kier molecular flexibility index (Phi) is 7.81. The van der Waals surface area contributed by atoms with Crippen LogP contribution in [0.25, 0.3) is 0 Å². The number of quaternary nitrogens is 1. The van der Waals surface area contributed by atoms with Crippen molar-refractivity contribution in [3.8, 4) is 0 Å². The number of amides is 2. The second-order valence-electron chi connectivity index (χ2n) is 7.83. The molecule has 0 radical (unpaired) electrons. The van der Waals surface area contributed by atoms with E-state index in [9.17, 15) is 9.59 Å². The van der Waals surface area contributed by atoms with Gasteiger partial charge in [-0.2, -0.15) is 0 Å². The number of carbonyl (C=O) groups is 2. The van der Waals surface area contributed by atoms with Crippen LogP contribution < -0.4 is 16.0 Å². The number of aromatic nitrogens is 2. The number of nitrogens with zero attached hydrogens (tertiary/aromatic N) is 2. The number of nitrogens with one attached hydrogen (secondary N) is 2. The van der Waals surface area contributed by atoms with Crippen LogP contribution >= 0.6 is 11.8 Å². The molecule has 8 heteroatoms. The van der Waals surface area contributed by atoms with E-state index in [2.05, 4.69) is 39.6 Å². The van der Waals surface area contributed by atoms with Gasteiger partial charge in [-0.05, 0) is 25.8 Å². The van der Waals surface area contributed by atoms with Crippen molar-refractivity contribution < 1.29 is 14.5 Å². The van der Waals surface area contributed by atoms with Crippen LogP contribution in [0.3, 0.4) is 0 Å². The number of hydrogen-bond acceptors (Lipinski definition) is 5. The van der Waals surface area contributed by atoms with E-state index >= 15 is 0 Å². The zero-order valence-electron chi connectivity index (χ0n) is 17.6. The zero-order chi connectivity index (χ0) is 21.5. The van der Waals surface area contributed by atoms with E-state index in [-0.39, 0.29) is 17.7 Å². The molecule has 7 nitrogen and oxygen atoms in total. The molecule has 1 saturated heterocycles. The highest BCUT2D eigenvalue weighted by Crippen LogP contribution is 2.18. The highest BCUT2D eigenvalue weighted by molar-refractivity contribution is 7.99. The van der Waals surface area contributed by atoms with Gasteiger partial charge in [0, 0.05) is 29.8 Å². The second-order valence-corrected chi connectivity index (χ2v) is 8.77. The van der Waals surface area contributed by atoms with Gasteiger partial charge < -0.3 is 16.0 Å². The number of aryl methyl sites for hydroxylation is 2. The molecule has 1 fully saturated rings. The van der Waals surface area contributed by atoms with Crippen molar-refractivity contribution in [3.05, 3.63) is 52.8 Å². The molecule has 3 rings (SSSR count). The van der Waals surface area contributed by atoms with Crippen LogP contribution in [-0.2, 0) is 22.6 Å². The quantitative estimate of drug-likeness (QED) is 0.400. The minimum atomic E-state index is -0.393. The fraction of sp³-hybridized carbons (Fsp3) is 0.455. The maximum Gasteiger partial charge on any atom is 0.227 e. The van der Waals surface area contributed by atoms with Crippen LogP contribution in [0.2, 0.25) is 0 Å². The van der Waals surface area contributed by atoms with E-state index in [0.29, 0.717) is 18.0 Å². The summed E-state index contributed by atoms with van der Waals surface area (Å²) in [6.45, 7) is 6.88.